The molecule has 0 bridgehead atoms. The fourth-order valence-corrected chi connectivity index (χ4v) is 2.52. The van der Waals surface area contributed by atoms with Gasteiger partial charge in [-0.25, -0.2) is 8.78 Å². The molecule has 1 aromatic heterocycles. The van der Waals surface area contributed by atoms with E-state index in [1.165, 1.54) is 12.1 Å². The molecule has 3 N–H and O–H groups in total. The predicted octanol–water partition coefficient (Wildman–Crippen LogP) is 2.89. The first-order valence-corrected chi connectivity index (χ1v) is 6.99. The molecule has 0 spiro atoms. The van der Waals surface area contributed by atoms with Crippen LogP contribution in [0.4, 0.5) is 8.78 Å². The van der Waals surface area contributed by atoms with Gasteiger partial charge in [0, 0.05) is 18.5 Å². The van der Waals surface area contributed by atoms with E-state index in [1.54, 1.807) is 11.6 Å². The first kappa shape index (κ1) is 15.9. The Bertz CT molecular complexity index is 642. The Hall–Kier alpha value is -1.50. The fourth-order valence-electron chi connectivity index (χ4n) is 2.31. The summed E-state index contributed by atoms with van der Waals surface area (Å²) in [5.74, 6) is 3.70. The van der Waals surface area contributed by atoms with Crippen molar-refractivity contribution in [3.8, 4) is 0 Å². The van der Waals surface area contributed by atoms with Crippen LogP contribution in [-0.4, -0.2) is 9.78 Å². The summed E-state index contributed by atoms with van der Waals surface area (Å²) in [5, 5.41) is 4.82. The number of nitrogens with one attached hydrogen (secondary N) is 1. The highest BCUT2D eigenvalue weighted by Gasteiger charge is 2.22. The molecule has 4 nitrogen and oxygen atoms in total. The van der Waals surface area contributed by atoms with Gasteiger partial charge in [-0.3, -0.25) is 16.0 Å². The van der Waals surface area contributed by atoms with Gasteiger partial charge in [-0.2, -0.15) is 5.10 Å². The molecule has 0 radical (unpaired) electrons. The molecule has 0 aliphatic carbocycles. The Kier molecular flexibility index (Phi) is 4.92. The highest BCUT2D eigenvalue weighted by atomic mass is 35.5. The van der Waals surface area contributed by atoms with Crippen LogP contribution in [0.25, 0.3) is 0 Å². The Morgan fingerprint density at radius 3 is 2.76 bits per heavy atom. The monoisotopic (exact) mass is 314 g/mol. The van der Waals surface area contributed by atoms with Gasteiger partial charge in [-0.15, -0.1) is 0 Å². The van der Waals surface area contributed by atoms with Gasteiger partial charge in [0.15, 0.2) is 11.6 Å². The number of benzene rings is 1. The summed E-state index contributed by atoms with van der Waals surface area (Å²) >= 11 is 6.23. The van der Waals surface area contributed by atoms with Crippen molar-refractivity contribution in [2.75, 3.05) is 0 Å². The number of nitrogens with two attached hydrogens (primary N) is 1. The molecule has 2 aromatic rings. The summed E-state index contributed by atoms with van der Waals surface area (Å²) < 4.78 is 29.0. The minimum atomic E-state index is -0.907. The van der Waals surface area contributed by atoms with Gasteiger partial charge in [-0.1, -0.05) is 23.7 Å². The third kappa shape index (κ3) is 3.07. The number of nitrogens with zero attached hydrogens (tertiary/aromatic N) is 2. The summed E-state index contributed by atoms with van der Waals surface area (Å²) in [6.45, 7) is 4.36. The van der Waals surface area contributed by atoms with Crippen molar-refractivity contribution < 1.29 is 8.78 Å². The molecule has 0 fully saturated rings. The van der Waals surface area contributed by atoms with Crippen molar-refractivity contribution in [2.24, 2.45) is 5.84 Å². The number of halogens is 3. The molecule has 21 heavy (non-hydrogen) atoms. The van der Waals surface area contributed by atoms with E-state index in [-0.39, 0.29) is 5.56 Å². The van der Waals surface area contributed by atoms with Crippen LogP contribution in [0.15, 0.2) is 18.2 Å². The quantitative estimate of drug-likeness (QED) is 0.659. The van der Waals surface area contributed by atoms with Crippen LogP contribution in [0, 0.1) is 18.6 Å². The maximum Gasteiger partial charge on any atom is 0.163 e. The van der Waals surface area contributed by atoms with Crippen LogP contribution >= 0.6 is 11.6 Å². The Labute approximate surface area is 126 Å². The molecule has 1 unspecified atom stereocenters. The molecule has 1 atom stereocenters. The predicted molar refractivity (Wildman–Crippen MR) is 77.8 cm³/mol. The van der Waals surface area contributed by atoms with Crippen molar-refractivity contribution >= 4 is 11.6 Å². The summed E-state index contributed by atoms with van der Waals surface area (Å²) in [6.07, 6.45) is 0.310. The van der Waals surface area contributed by atoms with E-state index in [1.807, 2.05) is 6.92 Å². The smallest absolute Gasteiger partial charge is 0.163 e. The molecule has 0 aliphatic rings. The van der Waals surface area contributed by atoms with Crippen molar-refractivity contribution in [3.63, 3.8) is 0 Å². The van der Waals surface area contributed by atoms with Gasteiger partial charge in [0.25, 0.3) is 0 Å². The van der Waals surface area contributed by atoms with Gasteiger partial charge in [0.2, 0.25) is 0 Å². The van der Waals surface area contributed by atoms with Gasteiger partial charge in [-0.05, 0) is 19.9 Å². The minimum absolute atomic E-state index is 0.162. The van der Waals surface area contributed by atoms with Gasteiger partial charge >= 0.3 is 0 Å². The topological polar surface area (TPSA) is 55.9 Å². The standard InChI is InChI=1S/C14H17ClF2N4/c1-3-21-12(13(15)8(2)20-21)7-11(19-18)9-5-4-6-10(16)14(9)17/h4-6,11,19H,3,7,18H2,1-2H3. The first-order valence-electron chi connectivity index (χ1n) is 6.61. The summed E-state index contributed by atoms with van der Waals surface area (Å²) in [5.41, 5.74) is 4.12. The average Bonchev–Trinajstić information content (AvgIpc) is 2.75. The van der Waals surface area contributed by atoms with E-state index in [4.69, 9.17) is 17.4 Å². The average molecular weight is 315 g/mol. The van der Waals surface area contributed by atoms with Crippen molar-refractivity contribution in [1.82, 2.24) is 15.2 Å². The van der Waals surface area contributed by atoms with Crippen LogP contribution in [0.2, 0.25) is 5.02 Å². The lowest BCUT2D eigenvalue weighted by Gasteiger charge is -2.18. The Morgan fingerprint density at radius 1 is 1.43 bits per heavy atom. The first-order chi connectivity index (χ1) is 9.99. The molecule has 0 aliphatic heterocycles. The zero-order valence-electron chi connectivity index (χ0n) is 11.8. The molecule has 7 heteroatoms. The number of hydrogen-bond acceptors (Lipinski definition) is 3. The number of hydrogen-bond donors (Lipinski definition) is 2. The van der Waals surface area contributed by atoms with Crippen molar-refractivity contribution in [1.29, 1.82) is 0 Å². The van der Waals surface area contributed by atoms with Crippen LogP contribution in [0.3, 0.4) is 0 Å². The van der Waals surface area contributed by atoms with Crippen LogP contribution in [-0.2, 0) is 13.0 Å². The second-order valence-electron chi connectivity index (χ2n) is 4.73. The molecule has 2 rings (SSSR count). The largest absolute Gasteiger partial charge is 0.271 e. The van der Waals surface area contributed by atoms with Gasteiger partial charge < -0.3 is 0 Å². The molecule has 0 amide bonds. The molecule has 0 saturated carbocycles. The summed E-state index contributed by atoms with van der Waals surface area (Å²) in [7, 11) is 0. The second kappa shape index (κ2) is 6.51. The van der Waals surface area contributed by atoms with E-state index < -0.39 is 17.7 Å². The third-order valence-electron chi connectivity index (χ3n) is 3.41. The van der Waals surface area contributed by atoms with Crippen LogP contribution in [0.5, 0.6) is 0 Å². The van der Waals surface area contributed by atoms with Crippen LogP contribution in [0.1, 0.15) is 29.9 Å². The maximum atomic E-state index is 13.9. The maximum absolute atomic E-state index is 13.9. The third-order valence-corrected chi connectivity index (χ3v) is 3.90. The van der Waals surface area contributed by atoms with Crippen LogP contribution < -0.4 is 11.3 Å². The zero-order chi connectivity index (χ0) is 15.6. The van der Waals surface area contributed by atoms with E-state index >= 15 is 0 Å². The molecule has 114 valence electrons. The molecular weight excluding hydrogens is 298 g/mol. The Balaban J connectivity index is 2.38. The lowest BCUT2D eigenvalue weighted by molar-refractivity contribution is 0.456. The second-order valence-corrected chi connectivity index (χ2v) is 5.11. The normalized spacial score (nSPS) is 12.7. The summed E-state index contributed by atoms with van der Waals surface area (Å²) in [4.78, 5) is 0. The molecule has 0 saturated heterocycles. The molecule has 1 aromatic carbocycles. The lowest BCUT2D eigenvalue weighted by Crippen LogP contribution is -2.31. The lowest BCUT2D eigenvalue weighted by atomic mass is 10.0. The van der Waals surface area contributed by atoms with Gasteiger partial charge in [0.05, 0.1) is 22.5 Å². The summed E-state index contributed by atoms with van der Waals surface area (Å²) in [6, 6.07) is 3.41. The minimum Gasteiger partial charge on any atom is -0.271 e. The SMILES string of the molecule is CCn1nc(C)c(Cl)c1CC(NN)c1cccc(F)c1F. The highest BCUT2D eigenvalue weighted by molar-refractivity contribution is 6.31. The van der Waals surface area contributed by atoms with E-state index in [9.17, 15) is 8.78 Å². The molecule has 1 heterocycles. The molecular formula is C14H17ClF2N4. The van der Waals surface area contributed by atoms with Crippen molar-refractivity contribution in [2.45, 2.75) is 32.9 Å². The Morgan fingerprint density at radius 2 is 2.14 bits per heavy atom. The number of aryl methyl sites for hydroxylation is 2. The van der Waals surface area contributed by atoms with E-state index in [0.29, 0.717) is 23.7 Å². The number of aromatic nitrogens is 2. The van der Waals surface area contributed by atoms with Gasteiger partial charge in [0.1, 0.15) is 0 Å². The number of hydrazine groups is 1. The van der Waals surface area contributed by atoms with E-state index in [0.717, 1.165) is 11.8 Å². The number of rotatable bonds is 5. The van der Waals surface area contributed by atoms with Crippen molar-refractivity contribution in [3.05, 3.63) is 51.8 Å². The zero-order valence-corrected chi connectivity index (χ0v) is 12.6. The van der Waals surface area contributed by atoms with E-state index in [2.05, 4.69) is 10.5 Å². The highest BCUT2D eigenvalue weighted by Crippen LogP contribution is 2.27. The fraction of sp³-hybridized carbons (Fsp3) is 0.357.